The van der Waals surface area contributed by atoms with Crippen LogP contribution in [0.5, 0.6) is 0 Å². The molecular weight excluding hydrogens is 310 g/mol. The zero-order valence-electron chi connectivity index (χ0n) is 13.1. The number of rotatable bonds is 4. The second kappa shape index (κ2) is 7.58. The van der Waals surface area contributed by atoms with Crippen LogP contribution in [0.1, 0.15) is 12.8 Å². The first-order valence-electron chi connectivity index (χ1n) is 7.87. The molecule has 1 fully saturated rings. The highest BCUT2D eigenvalue weighted by atomic mass is 16.5. The van der Waals surface area contributed by atoms with Crippen LogP contribution in [0.2, 0.25) is 0 Å². The summed E-state index contributed by atoms with van der Waals surface area (Å²) in [5, 5.41) is 8.57. The maximum Gasteiger partial charge on any atom is 0.314 e. The van der Waals surface area contributed by atoms with Gasteiger partial charge < -0.3 is 14.7 Å². The summed E-state index contributed by atoms with van der Waals surface area (Å²) < 4.78 is 4.59. The second-order valence-corrected chi connectivity index (χ2v) is 5.69. The Morgan fingerprint density at radius 2 is 2.08 bits per heavy atom. The molecule has 8 heteroatoms. The lowest BCUT2D eigenvalue weighted by Crippen LogP contribution is -2.41. The predicted molar refractivity (Wildman–Crippen MR) is 87.3 cm³/mol. The van der Waals surface area contributed by atoms with Gasteiger partial charge in [-0.15, -0.1) is 0 Å². The van der Waals surface area contributed by atoms with E-state index in [0.29, 0.717) is 12.5 Å². The van der Waals surface area contributed by atoms with Gasteiger partial charge in [0.05, 0.1) is 11.9 Å². The summed E-state index contributed by atoms with van der Waals surface area (Å²) in [6.45, 7) is 2.32. The third-order valence-corrected chi connectivity index (χ3v) is 4.06. The third kappa shape index (κ3) is 4.09. The minimum atomic E-state index is -0.739. The van der Waals surface area contributed by atoms with Crippen LogP contribution < -0.4 is 15.5 Å². The number of nitrogens with zero attached hydrogens (tertiary/aromatic N) is 3. The quantitative estimate of drug-likeness (QED) is 0.813. The first-order chi connectivity index (χ1) is 11.7. The SMILES string of the molecule is O=C(NCC1CCN(c2cccnc2)CC1)C(=O)Nc1ccon1. The lowest BCUT2D eigenvalue weighted by Gasteiger charge is -2.33. The minimum absolute atomic E-state index is 0.222. The number of piperidine rings is 1. The van der Waals surface area contributed by atoms with Gasteiger partial charge in [-0.05, 0) is 30.9 Å². The van der Waals surface area contributed by atoms with E-state index in [9.17, 15) is 9.59 Å². The van der Waals surface area contributed by atoms with Crippen LogP contribution in [0, 0.1) is 5.92 Å². The molecule has 2 aromatic heterocycles. The molecule has 3 rings (SSSR count). The molecule has 2 aromatic rings. The Kier molecular flexibility index (Phi) is 5.05. The largest absolute Gasteiger partial charge is 0.370 e. The van der Waals surface area contributed by atoms with E-state index in [0.717, 1.165) is 31.6 Å². The van der Waals surface area contributed by atoms with Crippen LogP contribution >= 0.6 is 0 Å². The summed E-state index contributed by atoms with van der Waals surface area (Å²) in [6.07, 6.45) is 6.86. The maximum atomic E-state index is 11.8. The number of pyridine rings is 1. The molecule has 8 nitrogen and oxygen atoms in total. The number of amides is 2. The molecule has 1 aliphatic heterocycles. The van der Waals surface area contributed by atoms with Crippen molar-refractivity contribution in [1.29, 1.82) is 0 Å². The number of carbonyl (C=O) groups is 2. The first-order valence-corrected chi connectivity index (χ1v) is 7.87. The first kappa shape index (κ1) is 16.0. The Bertz CT molecular complexity index is 666. The molecule has 3 heterocycles. The summed E-state index contributed by atoms with van der Waals surface area (Å²) >= 11 is 0. The van der Waals surface area contributed by atoms with E-state index in [1.165, 1.54) is 12.3 Å². The number of hydrogen-bond acceptors (Lipinski definition) is 6. The molecular formula is C16H19N5O3. The van der Waals surface area contributed by atoms with Gasteiger partial charge in [-0.3, -0.25) is 19.9 Å². The van der Waals surface area contributed by atoms with Crippen LogP contribution in [0.25, 0.3) is 0 Å². The average molecular weight is 329 g/mol. The third-order valence-electron chi connectivity index (χ3n) is 4.06. The molecule has 0 aliphatic carbocycles. The topological polar surface area (TPSA) is 100 Å². The Balaban J connectivity index is 1.40. The number of aromatic nitrogens is 2. The lowest BCUT2D eigenvalue weighted by molar-refractivity contribution is -0.136. The molecule has 24 heavy (non-hydrogen) atoms. The fourth-order valence-corrected chi connectivity index (χ4v) is 2.70. The molecule has 2 amide bonds. The predicted octanol–water partition coefficient (Wildman–Crippen LogP) is 1.04. The summed E-state index contributed by atoms with van der Waals surface area (Å²) in [5.74, 6) is -0.814. The fourth-order valence-electron chi connectivity index (χ4n) is 2.70. The van der Waals surface area contributed by atoms with E-state index >= 15 is 0 Å². The highest BCUT2D eigenvalue weighted by Crippen LogP contribution is 2.21. The molecule has 2 N–H and O–H groups in total. The second-order valence-electron chi connectivity index (χ2n) is 5.69. The normalized spacial score (nSPS) is 15.1. The van der Waals surface area contributed by atoms with Crippen molar-refractivity contribution in [1.82, 2.24) is 15.5 Å². The van der Waals surface area contributed by atoms with Crippen molar-refractivity contribution in [3.8, 4) is 0 Å². The van der Waals surface area contributed by atoms with Gasteiger partial charge in [0.1, 0.15) is 6.26 Å². The van der Waals surface area contributed by atoms with Gasteiger partial charge >= 0.3 is 11.8 Å². The number of anilines is 2. The highest BCUT2D eigenvalue weighted by molar-refractivity contribution is 6.39. The van der Waals surface area contributed by atoms with Crippen LogP contribution in [-0.2, 0) is 9.59 Å². The van der Waals surface area contributed by atoms with Gasteiger partial charge in [-0.1, -0.05) is 5.16 Å². The van der Waals surface area contributed by atoms with Crippen molar-refractivity contribution in [2.75, 3.05) is 29.9 Å². The van der Waals surface area contributed by atoms with E-state index in [4.69, 9.17) is 0 Å². The lowest BCUT2D eigenvalue weighted by atomic mass is 9.96. The van der Waals surface area contributed by atoms with E-state index in [-0.39, 0.29) is 5.82 Å². The van der Waals surface area contributed by atoms with Crippen molar-refractivity contribution in [2.45, 2.75) is 12.8 Å². The van der Waals surface area contributed by atoms with Crippen molar-refractivity contribution in [3.05, 3.63) is 36.9 Å². The molecule has 0 atom stereocenters. The van der Waals surface area contributed by atoms with Gasteiger partial charge in [0.15, 0.2) is 5.82 Å². The Morgan fingerprint density at radius 3 is 2.75 bits per heavy atom. The average Bonchev–Trinajstić information content (AvgIpc) is 3.14. The number of hydrogen-bond donors (Lipinski definition) is 2. The van der Waals surface area contributed by atoms with Gasteiger partial charge in [-0.2, -0.15) is 0 Å². The summed E-state index contributed by atoms with van der Waals surface area (Å²) in [4.78, 5) is 29.9. The van der Waals surface area contributed by atoms with E-state index in [1.807, 2.05) is 18.3 Å². The summed E-state index contributed by atoms with van der Waals surface area (Å²) in [7, 11) is 0. The Morgan fingerprint density at radius 1 is 1.25 bits per heavy atom. The Labute approximate surface area is 139 Å². The zero-order valence-corrected chi connectivity index (χ0v) is 13.1. The van der Waals surface area contributed by atoms with Crippen LogP contribution in [0.15, 0.2) is 41.4 Å². The van der Waals surface area contributed by atoms with E-state index < -0.39 is 11.8 Å². The summed E-state index contributed by atoms with van der Waals surface area (Å²) in [6, 6.07) is 5.44. The fraction of sp³-hybridized carbons (Fsp3) is 0.375. The minimum Gasteiger partial charge on any atom is -0.370 e. The van der Waals surface area contributed by atoms with Crippen molar-refractivity contribution >= 4 is 23.3 Å². The molecule has 0 bridgehead atoms. The Hall–Kier alpha value is -2.90. The van der Waals surface area contributed by atoms with E-state index in [2.05, 4.69) is 30.2 Å². The molecule has 0 aromatic carbocycles. The van der Waals surface area contributed by atoms with Gasteiger partial charge in [0, 0.05) is 31.9 Å². The molecule has 1 aliphatic rings. The number of carbonyl (C=O) groups excluding carboxylic acids is 2. The maximum absolute atomic E-state index is 11.8. The molecule has 1 saturated heterocycles. The standard InChI is InChI=1S/C16H19N5O3/c22-15(16(23)19-14-5-9-24-20-14)18-10-12-3-7-21(8-4-12)13-2-1-6-17-11-13/h1-2,5-6,9,11-12H,3-4,7-8,10H2,(H,18,22)(H,19,20,23). The van der Waals surface area contributed by atoms with E-state index in [1.54, 1.807) is 6.20 Å². The molecule has 0 spiro atoms. The van der Waals surface area contributed by atoms with Crippen LogP contribution in [0.3, 0.4) is 0 Å². The highest BCUT2D eigenvalue weighted by Gasteiger charge is 2.21. The van der Waals surface area contributed by atoms with Gasteiger partial charge in [0.2, 0.25) is 0 Å². The van der Waals surface area contributed by atoms with Crippen LogP contribution in [-0.4, -0.2) is 41.6 Å². The van der Waals surface area contributed by atoms with Crippen molar-refractivity contribution < 1.29 is 14.1 Å². The molecule has 0 saturated carbocycles. The smallest absolute Gasteiger partial charge is 0.314 e. The van der Waals surface area contributed by atoms with Crippen molar-refractivity contribution in [2.24, 2.45) is 5.92 Å². The number of nitrogens with one attached hydrogen (secondary N) is 2. The zero-order chi connectivity index (χ0) is 16.8. The molecule has 0 unspecified atom stereocenters. The molecule has 126 valence electrons. The summed E-state index contributed by atoms with van der Waals surface area (Å²) in [5.41, 5.74) is 1.12. The van der Waals surface area contributed by atoms with Crippen molar-refractivity contribution in [3.63, 3.8) is 0 Å². The van der Waals surface area contributed by atoms with Gasteiger partial charge in [0.25, 0.3) is 0 Å². The molecule has 0 radical (unpaired) electrons. The monoisotopic (exact) mass is 329 g/mol. The van der Waals surface area contributed by atoms with Gasteiger partial charge in [-0.25, -0.2) is 0 Å². The van der Waals surface area contributed by atoms with Crippen LogP contribution in [0.4, 0.5) is 11.5 Å².